The lowest BCUT2D eigenvalue weighted by Gasteiger charge is -2.09. The molecule has 108 valence electrons. The van der Waals surface area contributed by atoms with Gasteiger partial charge in [0.25, 0.3) is 11.1 Å². The average Bonchev–Trinajstić information content (AvgIpc) is 3.11. The van der Waals surface area contributed by atoms with Gasteiger partial charge in [0.15, 0.2) is 0 Å². The number of hydrogen-bond donors (Lipinski definition) is 0. The maximum Gasteiger partial charge on any atom is 0.277 e. The zero-order valence-electron chi connectivity index (χ0n) is 10.9. The third-order valence-electron chi connectivity index (χ3n) is 2.81. The molecular weight excluding hydrogens is 314 g/mol. The Morgan fingerprint density at radius 1 is 1.24 bits per heavy atom. The van der Waals surface area contributed by atoms with Crippen LogP contribution in [-0.2, 0) is 0 Å². The number of nitrogens with zero attached hydrogens (tertiary/aromatic N) is 2. The lowest BCUT2D eigenvalue weighted by molar-refractivity contribution is 0.465. The van der Waals surface area contributed by atoms with E-state index in [9.17, 15) is 8.78 Å². The van der Waals surface area contributed by atoms with Gasteiger partial charge in [-0.15, -0.1) is 21.5 Å². The topological polar surface area (TPSA) is 38.9 Å². The highest BCUT2D eigenvalue weighted by Crippen LogP contribution is 2.36. The molecule has 1 aromatic carbocycles. The highest BCUT2D eigenvalue weighted by atomic mass is 32.2. The van der Waals surface area contributed by atoms with E-state index in [1.165, 1.54) is 29.2 Å². The molecule has 0 radical (unpaired) electrons. The Hall–Kier alpha value is -1.73. The molecule has 0 N–H and O–H groups in total. The summed E-state index contributed by atoms with van der Waals surface area (Å²) in [5, 5.41) is 9.78. The van der Waals surface area contributed by atoms with E-state index in [4.69, 9.17) is 4.42 Å². The molecule has 0 saturated carbocycles. The largest absolute Gasteiger partial charge is 0.410 e. The van der Waals surface area contributed by atoms with E-state index in [2.05, 4.69) is 10.2 Å². The Bertz CT molecular complexity index is 743. The van der Waals surface area contributed by atoms with E-state index in [1.54, 1.807) is 6.92 Å². The highest BCUT2D eigenvalue weighted by molar-refractivity contribution is 7.99. The summed E-state index contributed by atoms with van der Waals surface area (Å²) in [6, 6.07) is 7.16. The zero-order valence-corrected chi connectivity index (χ0v) is 12.5. The number of thiophene rings is 1. The van der Waals surface area contributed by atoms with Crippen LogP contribution in [0.3, 0.4) is 0 Å². The molecule has 0 aliphatic carbocycles. The first-order valence-electron chi connectivity index (χ1n) is 6.12. The molecule has 2 heterocycles. The first-order chi connectivity index (χ1) is 10.1. The summed E-state index contributed by atoms with van der Waals surface area (Å²) in [6.07, 6.45) is 0. The predicted molar refractivity (Wildman–Crippen MR) is 78.2 cm³/mol. The van der Waals surface area contributed by atoms with Crippen molar-refractivity contribution in [1.29, 1.82) is 0 Å². The molecule has 7 heteroatoms. The van der Waals surface area contributed by atoms with Crippen molar-refractivity contribution in [3.05, 3.63) is 52.9 Å². The van der Waals surface area contributed by atoms with Gasteiger partial charge in [-0.25, -0.2) is 8.78 Å². The molecule has 3 aromatic rings. The number of hydrogen-bond acceptors (Lipinski definition) is 5. The molecule has 1 atom stereocenters. The molecule has 2 aromatic heterocycles. The molecule has 0 aliphatic rings. The quantitative estimate of drug-likeness (QED) is 0.638. The van der Waals surface area contributed by atoms with Crippen molar-refractivity contribution in [2.75, 3.05) is 0 Å². The summed E-state index contributed by atoms with van der Waals surface area (Å²) >= 11 is 2.69. The van der Waals surface area contributed by atoms with E-state index in [-0.39, 0.29) is 10.8 Å². The standard InChI is InChI=1S/C14H10F2N2OS2/c1-8(10-7-9(15)4-5-11(10)16)21-14-18-17-13(19-14)12-3-2-6-20-12/h2-8H,1H3. The van der Waals surface area contributed by atoms with Crippen LogP contribution in [0.1, 0.15) is 17.7 Å². The first kappa shape index (κ1) is 14.2. The minimum atomic E-state index is -0.469. The second kappa shape index (κ2) is 5.95. The maximum atomic E-state index is 13.7. The summed E-state index contributed by atoms with van der Waals surface area (Å²) in [4.78, 5) is 0.874. The van der Waals surface area contributed by atoms with E-state index >= 15 is 0 Å². The third-order valence-corrected chi connectivity index (χ3v) is 4.64. The lowest BCUT2D eigenvalue weighted by Crippen LogP contribution is -1.94. The monoisotopic (exact) mass is 324 g/mol. The summed E-state index contributed by atoms with van der Waals surface area (Å²) < 4.78 is 32.4. The summed E-state index contributed by atoms with van der Waals surface area (Å²) in [5.74, 6) is -0.488. The van der Waals surface area contributed by atoms with Gasteiger partial charge in [0.1, 0.15) is 11.6 Å². The van der Waals surface area contributed by atoms with E-state index in [1.807, 2.05) is 17.5 Å². The normalized spacial score (nSPS) is 12.5. The number of aromatic nitrogens is 2. The molecule has 3 rings (SSSR count). The molecule has 3 nitrogen and oxygen atoms in total. The minimum Gasteiger partial charge on any atom is -0.410 e. The van der Waals surface area contributed by atoms with Crippen LogP contribution in [0.25, 0.3) is 10.8 Å². The van der Waals surface area contributed by atoms with Gasteiger partial charge in [0.2, 0.25) is 0 Å². The maximum absolute atomic E-state index is 13.7. The van der Waals surface area contributed by atoms with Gasteiger partial charge in [-0.2, -0.15) is 0 Å². The van der Waals surface area contributed by atoms with Crippen molar-refractivity contribution in [2.24, 2.45) is 0 Å². The second-order valence-electron chi connectivity index (χ2n) is 4.28. The summed E-state index contributed by atoms with van der Waals surface area (Å²) in [7, 11) is 0. The number of benzene rings is 1. The molecule has 0 saturated heterocycles. The van der Waals surface area contributed by atoms with Gasteiger partial charge < -0.3 is 4.42 Å². The Balaban J connectivity index is 1.79. The van der Waals surface area contributed by atoms with Gasteiger partial charge >= 0.3 is 0 Å². The Labute approximate surface area is 128 Å². The SMILES string of the molecule is CC(Sc1nnc(-c2cccs2)o1)c1cc(F)ccc1F. The summed E-state index contributed by atoms with van der Waals surface area (Å²) in [5.41, 5.74) is 0.274. The van der Waals surface area contributed by atoms with Gasteiger partial charge in [-0.1, -0.05) is 17.8 Å². The van der Waals surface area contributed by atoms with Crippen LogP contribution in [0.2, 0.25) is 0 Å². The molecule has 0 fully saturated rings. The van der Waals surface area contributed by atoms with E-state index < -0.39 is 11.6 Å². The van der Waals surface area contributed by atoms with Gasteiger partial charge in [0, 0.05) is 10.8 Å². The Morgan fingerprint density at radius 3 is 2.86 bits per heavy atom. The van der Waals surface area contributed by atoms with Crippen LogP contribution >= 0.6 is 23.1 Å². The molecule has 0 spiro atoms. The van der Waals surface area contributed by atoms with Gasteiger partial charge in [0.05, 0.1) is 4.88 Å². The van der Waals surface area contributed by atoms with Crippen molar-refractivity contribution in [1.82, 2.24) is 10.2 Å². The molecule has 0 amide bonds. The van der Waals surface area contributed by atoms with Crippen LogP contribution < -0.4 is 0 Å². The van der Waals surface area contributed by atoms with Crippen LogP contribution in [0.15, 0.2) is 45.4 Å². The molecule has 0 bridgehead atoms. The van der Waals surface area contributed by atoms with Crippen molar-refractivity contribution in [3.8, 4) is 10.8 Å². The lowest BCUT2D eigenvalue weighted by atomic mass is 10.1. The van der Waals surface area contributed by atoms with Crippen molar-refractivity contribution in [3.63, 3.8) is 0 Å². The number of rotatable bonds is 4. The number of halogens is 2. The Kier molecular flexibility index (Phi) is 4.03. The van der Waals surface area contributed by atoms with Crippen LogP contribution in [0.4, 0.5) is 8.78 Å². The van der Waals surface area contributed by atoms with Crippen LogP contribution in [0, 0.1) is 11.6 Å². The fraction of sp³-hybridized carbons (Fsp3) is 0.143. The average molecular weight is 324 g/mol. The third kappa shape index (κ3) is 3.14. The first-order valence-corrected chi connectivity index (χ1v) is 7.88. The Morgan fingerprint density at radius 2 is 2.10 bits per heavy atom. The van der Waals surface area contributed by atoms with E-state index in [0.29, 0.717) is 11.1 Å². The summed E-state index contributed by atoms with van der Waals surface area (Å²) in [6.45, 7) is 1.76. The molecule has 0 aliphatic heterocycles. The smallest absolute Gasteiger partial charge is 0.277 e. The second-order valence-corrected chi connectivity index (χ2v) is 6.52. The van der Waals surface area contributed by atoms with E-state index in [0.717, 1.165) is 17.0 Å². The molecule has 21 heavy (non-hydrogen) atoms. The van der Waals surface area contributed by atoms with Gasteiger partial charge in [-0.05, 0) is 36.6 Å². The van der Waals surface area contributed by atoms with Crippen molar-refractivity contribution >= 4 is 23.1 Å². The fourth-order valence-corrected chi connectivity index (χ4v) is 3.27. The fourth-order valence-electron chi connectivity index (χ4n) is 1.80. The number of thioether (sulfide) groups is 1. The molecule has 1 unspecified atom stereocenters. The molecular formula is C14H10F2N2OS2. The van der Waals surface area contributed by atoms with Crippen molar-refractivity contribution in [2.45, 2.75) is 17.4 Å². The zero-order chi connectivity index (χ0) is 14.8. The minimum absolute atomic E-state index is 0.274. The van der Waals surface area contributed by atoms with Crippen molar-refractivity contribution < 1.29 is 13.2 Å². The van der Waals surface area contributed by atoms with Crippen LogP contribution in [0.5, 0.6) is 0 Å². The highest BCUT2D eigenvalue weighted by Gasteiger charge is 2.17. The van der Waals surface area contributed by atoms with Crippen LogP contribution in [-0.4, -0.2) is 10.2 Å². The predicted octanol–water partition coefficient (Wildman–Crippen LogP) is 4.93. The van der Waals surface area contributed by atoms with Gasteiger partial charge in [-0.3, -0.25) is 0 Å².